The van der Waals surface area contributed by atoms with Gasteiger partial charge in [-0.2, -0.15) is 0 Å². The minimum Gasteiger partial charge on any atom is -0.397 e. The zero-order valence-corrected chi connectivity index (χ0v) is 8.72. The van der Waals surface area contributed by atoms with Crippen molar-refractivity contribution in [2.45, 2.75) is 38.6 Å². The third kappa shape index (κ3) is 2.00. The van der Waals surface area contributed by atoms with E-state index in [1.807, 2.05) is 6.07 Å². The molecule has 14 heavy (non-hydrogen) atoms. The van der Waals surface area contributed by atoms with Gasteiger partial charge in [0, 0.05) is 6.04 Å². The molecule has 1 aliphatic carbocycles. The fourth-order valence-corrected chi connectivity index (χ4v) is 2.10. The molecule has 0 amide bonds. The summed E-state index contributed by atoms with van der Waals surface area (Å²) in [5.74, 6) is 0. The SMILES string of the molecule is Cc1ccc(NC2CCCC2)c(N)c1. The van der Waals surface area contributed by atoms with Gasteiger partial charge in [0.15, 0.2) is 0 Å². The van der Waals surface area contributed by atoms with E-state index >= 15 is 0 Å². The fraction of sp³-hybridized carbons (Fsp3) is 0.500. The first-order valence-electron chi connectivity index (χ1n) is 5.38. The van der Waals surface area contributed by atoms with Crippen LogP contribution in [0, 0.1) is 6.92 Å². The molecule has 0 unspecified atom stereocenters. The van der Waals surface area contributed by atoms with Crippen LogP contribution in [-0.2, 0) is 0 Å². The van der Waals surface area contributed by atoms with Crippen LogP contribution in [0.25, 0.3) is 0 Å². The summed E-state index contributed by atoms with van der Waals surface area (Å²) in [5, 5.41) is 3.51. The lowest BCUT2D eigenvalue weighted by atomic mass is 10.1. The summed E-state index contributed by atoms with van der Waals surface area (Å²) >= 11 is 0. The predicted molar refractivity (Wildman–Crippen MR) is 61.5 cm³/mol. The van der Waals surface area contributed by atoms with Crippen LogP contribution in [0.1, 0.15) is 31.2 Å². The summed E-state index contributed by atoms with van der Waals surface area (Å²) in [4.78, 5) is 0. The van der Waals surface area contributed by atoms with E-state index in [4.69, 9.17) is 5.73 Å². The van der Waals surface area contributed by atoms with Crippen molar-refractivity contribution in [3.63, 3.8) is 0 Å². The third-order valence-corrected chi connectivity index (χ3v) is 2.92. The highest BCUT2D eigenvalue weighted by Gasteiger charge is 2.14. The minimum atomic E-state index is 0.639. The highest BCUT2D eigenvalue weighted by Crippen LogP contribution is 2.26. The topological polar surface area (TPSA) is 38.0 Å². The lowest BCUT2D eigenvalue weighted by Gasteiger charge is -2.15. The van der Waals surface area contributed by atoms with Crippen molar-refractivity contribution in [1.29, 1.82) is 0 Å². The Morgan fingerprint density at radius 2 is 2.00 bits per heavy atom. The summed E-state index contributed by atoms with van der Waals surface area (Å²) in [5.41, 5.74) is 9.13. The molecule has 1 aliphatic rings. The van der Waals surface area contributed by atoms with Crippen molar-refractivity contribution in [2.24, 2.45) is 0 Å². The molecule has 1 saturated carbocycles. The summed E-state index contributed by atoms with van der Waals surface area (Å²) in [6.07, 6.45) is 5.27. The maximum Gasteiger partial charge on any atom is 0.0576 e. The van der Waals surface area contributed by atoms with Crippen LogP contribution >= 0.6 is 0 Å². The minimum absolute atomic E-state index is 0.639. The molecule has 0 saturated heterocycles. The molecule has 0 aromatic heterocycles. The number of hydrogen-bond donors (Lipinski definition) is 2. The lowest BCUT2D eigenvalue weighted by Crippen LogP contribution is -2.15. The molecule has 1 aromatic rings. The summed E-state index contributed by atoms with van der Waals surface area (Å²) in [6.45, 7) is 2.07. The summed E-state index contributed by atoms with van der Waals surface area (Å²) < 4.78 is 0. The van der Waals surface area contributed by atoms with Crippen LogP contribution in [0.4, 0.5) is 11.4 Å². The van der Waals surface area contributed by atoms with Crippen LogP contribution in [0.2, 0.25) is 0 Å². The molecule has 2 heteroatoms. The molecule has 2 rings (SSSR count). The van der Waals surface area contributed by atoms with Gasteiger partial charge in [0.1, 0.15) is 0 Å². The van der Waals surface area contributed by atoms with E-state index in [1.165, 1.54) is 31.2 Å². The number of nitrogen functional groups attached to an aromatic ring is 1. The van der Waals surface area contributed by atoms with Gasteiger partial charge >= 0.3 is 0 Å². The first-order valence-corrected chi connectivity index (χ1v) is 5.38. The van der Waals surface area contributed by atoms with E-state index in [9.17, 15) is 0 Å². The van der Waals surface area contributed by atoms with Gasteiger partial charge in [0.2, 0.25) is 0 Å². The lowest BCUT2D eigenvalue weighted by molar-refractivity contribution is 0.756. The molecule has 0 heterocycles. The van der Waals surface area contributed by atoms with Crippen molar-refractivity contribution in [3.05, 3.63) is 23.8 Å². The smallest absolute Gasteiger partial charge is 0.0576 e. The van der Waals surface area contributed by atoms with Crippen molar-refractivity contribution >= 4 is 11.4 Å². The van der Waals surface area contributed by atoms with Gasteiger partial charge in [-0.15, -0.1) is 0 Å². The highest BCUT2D eigenvalue weighted by atomic mass is 14.9. The quantitative estimate of drug-likeness (QED) is 0.704. The summed E-state index contributed by atoms with van der Waals surface area (Å²) in [6, 6.07) is 6.86. The first kappa shape index (κ1) is 9.38. The second-order valence-electron chi connectivity index (χ2n) is 4.22. The number of anilines is 2. The van der Waals surface area contributed by atoms with Crippen LogP contribution in [0.3, 0.4) is 0 Å². The van der Waals surface area contributed by atoms with E-state index in [1.54, 1.807) is 0 Å². The van der Waals surface area contributed by atoms with Gasteiger partial charge in [0.05, 0.1) is 11.4 Å². The average Bonchev–Trinajstić information content (AvgIpc) is 2.62. The van der Waals surface area contributed by atoms with E-state index in [2.05, 4.69) is 24.4 Å². The molecule has 0 aliphatic heterocycles. The molecular formula is C12H18N2. The van der Waals surface area contributed by atoms with Gasteiger partial charge < -0.3 is 11.1 Å². The molecule has 76 valence electrons. The molecule has 0 spiro atoms. The second-order valence-corrected chi connectivity index (χ2v) is 4.22. The number of nitrogens with one attached hydrogen (secondary N) is 1. The van der Waals surface area contributed by atoms with Gasteiger partial charge in [-0.1, -0.05) is 18.9 Å². The van der Waals surface area contributed by atoms with Crippen LogP contribution in [-0.4, -0.2) is 6.04 Å². The van der Waals surface area contributed by atoms with Crippen molar-refractivity contribution in [2.75, 3.05) is 11.1 Å². The van der Waals surface area contributed by atoms with E-state index in [0.717, 1.165) is 11.4 Å². The molecule has 1 aromatic carbocycles. The molecule has 0 radical (unpaired) electrons. The average molecular weight is 190 g/mol. The number of benzene rings is 1. The molecule has 3 N–H and O–H groups in total. The van der Waals surface area contributed by atoms with E-state index in [-0.39, 0.29) is 0 Å². The normalized spacial score (nSPS) is 17.2. The van der Waals surface area contributed by atoms with Gasteiger partial charge in [0.25, 0.3) is 0 Å². The first-order chi connectivity index (χ1) is 6.75. The number of nitrogens with two attached hydrogens (primary N) is 1. The largest absolute Gasteiger partial charge is 0.397 e. The number of aryl methyl sites for hydroxylation is 1. The zero-order chi connectivity index (χ0) is 9.97. The molecule has 0 atom stereocenters. The fourth-order valence-electron chi connectivity index (χ4n) is 2.10. The Labute approximate surface area is 85.5 Å². The van der Waals surface area contributed by atoms with E-state index in [0.29, 0.717) is 6.04 Å². The third-order valence-electron chi connectivity index (χ3n) is 2.92. The molecule has 1 fully saturated rings. The standard InChI is InChI=1S/C12H18N2/c1-9-6-7-12(11(13)8-9)14-10-4-2-3-5-10/h6-8,10,14H,2-5,13H2,1H3. The van der Waals surface area contributed by atoms with Crippen molar-refractivity contribution < 1.29 is 0 Å². The Morgan fingerprint density at radius 1 is 1.29 bits per heavy atom. The zero-order valence-electron chi connectivity index (χ0n) is 8.72. The highest BCUT2D eigenvalue weighted by molar-refractivity contribution is 5.67. The molecular weight excluding hydrogens is 172 g/mol. The Bertz CT molecular complexity index is 314. The van der Waals surface area contributed by atoms with Crippen LogP contribution in [0.15, 0.2) is 18.2 Å². The molecule has 0 bridgehead atoms. The Kier molecular flexibility index (Phi) is 2.62. The Balaban J connectivity index is 2.08. The predicted octanol–water partition coefficient (Wildman–Crippen LogP) is 2.93. The van der Waals surface area contributed by atoms with Crippen molar-refractivity contribution in [3.8, 4) is 0 Å². The molecule has 2 nitrogen and oxygen atoms in total. The van der Waals surface area contributed by atoms with Crippen LogP contribution < -0.4 is 11.1 Å². The van der Waals surface area contributed by atoms with Crippen molar-refractivity contribution in [1.82, 2.24) is 0 Å². The van der Waals surface area contributed by atoms with Gasteiger partial charge in [-0.05, 0) is 37.5 Å². The Morgan fingerprint density at radius 3 is 2.64 bits per heavy atom. The maximum atomic E-state index is 5.94. The van der Waals surface area contributed by atoms with Gasteiger partial charge in [-0.3, -0.25) is 0 Å². The number of hydrogen-bond acceptors (Lipinski definition) is 2. The summed E-state index contributed by atoms with van der Waals surface area (Å²) in [7, 11) is 0. The maximum absolute atomic E-state index is 5.94. The monoisotopic (exact) mass is 190 g/mol. The van der Waals surface area contributed by atoms with E-state index < -0.39 is 0 Å². The van der Waals surface area contributed by atoms with Crippen LogP contribution in [0.5, 0.6) is 0 Å². The van der Waals surface area contributed by atoms with Gasteiger partial charge in [-0.25, -0.2) is 0 Å². The number of rotatable bonds is 2. The Hall–Kier alpha value is -1.18. The second kappa shape index (κ2) is 3.91.